The molecule has 6 nitrogen and oxygen atoms in total. The fourth-order valence-corrected chi connectivity index (χ4v) is 2.86. The van der Waals surface area contributed by atoms with Crippen LogP contribution in [0, 0.1) is 17.8 Å². The Morgan fingerprint density at radius 3 is 2.43 bits per heavy atom. The number of carbonyl (C=O) groups excluding carboxylic acids is 2. The third-order valence-electron chi connectivity index (χ3n) is 4.46. The van der Waals surface area contributed by atoms with Crippen LogP contribution >= 0.6 is 0 Å². The van der Waals surface area contributed by atoms with Gasteiger partial charge in [0.15, 0.2) is 0 Å². The van der Waals surface area contributed by atoms with Gasteiger partial charge in [-0.2, -0.15) is 0 Å². The first-order valence-electron chi connectivity index (χ1n) is 8.58. The normalized spacial score (nSPS) is 20.9. The Morgan fingerprint density at radius 2 is 1.91 bits per heavy atom. The van der Waals surface area contributed by atoms with Gasteiger partial charge in [-0.05, 0) is 31.6 Å². The summed E-state index contributed by atoms with van der Waals surface area (Å²) >= 11 is 0. The second-order valence-electron chi connectivity index (χ2n) is 6.96. The molecule has 6 heteroatoms. The monoisotopic (exact) mass is 326 g/mol. The Kier molecular flexibility index (Phi) is 7.52. The Balaban J connectivity index is 2.64. The van der Waals surface area contributed by atoms with E-state index in [9.17, 15) is 19.5 Å². The number of hydrogen-bond acceptors (Lipinski definition) is 3. The molecule has 1 fully saturated rings. The largest absolute Gasteiger partial charge is 0.480 e. The lowest BCUT2D eigenvalue weighted by Gasteiger charge is -2.34. The van der Waals surface area contributed by atoms with E-state index in [1.807, 2.05) is 27.7 Å². The van der Waals surface area contributed by atoms with Gasteiger partial charge in [0.1, 0.15) is 6.04 Å². The van der Waals surface area contributed by atoms with E-state index in [1.54, 1.807) is 4.90 Å². The maximum absolute atomic E-state index is 12.4. The molecule has 2 amide bonds. The maximum atomic E-state index is 12.4. The SMILES string of the molecule is CCC(C)C(=O)N1CCCC(C(=O)NC(CC(C)C)C(=O)O)C1. The number of carboxylic acids is 1. The number of rotatable bonds is 7. The van der Waals surface area contributed by atoms with E-state index in [4.69, 9.17) is 0 Å². The average molecular weight is 326 g/mol. The first-order valence-corrected chi connectivity index (χ1v) is 8.58. The van der Waals surface area contributed by atoms with Gasteiger partial charge in [-0.15, -0.1) is 0 Å². The van der Waals surface area contributed by atoms with Gasteiger partial charge in [-0.3, -0.25) is 9.59 Å². The predicted octanol–water partition coefficient (Wildman–Crippen LogP) is 1.89. The molecule has 2 N–H and O–H groups in total. The molecular formula is C17H30N2O4. The fraction of sp³-hybridized carbons (Fsp3) is 0.824. The van der Waals surface area contributed by atoms with E-state index in [1.165, 1.54) is 0 Å². The summed E-state index contributed by atoms with van der Waals surface area (Å²) in [5.41, 5.74) is 0. The van der Waals surface area contributed by atoms with Crippen LogP contribution in [0.3, 0.4) is 0 Å². The van der Waals surface area contributed by atoms with Crippen molar-refractivity contribution >= 4 is 17.8 Å². The van der Waals surface area contributed by atoms with E-state index in [-0.39, 0.29) is 29.6 Å². The van der Waals surface area contributed by atoms with Crippen LogP contribution in [-0.2, 0) is 14.4 Å². The third kappa shape index (κ3) is 5.84. The molecule has 0 aromatic carbocycles. The topological polar surface area (TPSA) is 86.7 Å². The number of amides is 2. The fourth-order valence-electron chi connectivity index (χ4n) is 2.86. The van der Waals surface area contributed by atoms with Crippen LogP contribution in [-0.4, -0.2) is 46.9 Å². The Bertz CT molecular complexity index is 436. The molecule has 132 valence electrons. The van der Waals surface area contributed by atoms with E-state index >= 15 is 0 Å². The van der Waals surface area contributed by atoms with Crippen LogP contribution in [0.1, 0.15) is 53.4 Å². The summed E-state index contributed by atoms with van der Waals surface area (Å²) in [6, 6.07) is -0.858. The smallest absolute Gasteiger partial charge is 0.326 e. The van der Waals surface area contributed by atoms with Gasteiger partial charge in [0.25, 0.3) is 0 Å². The second kappa shape index (κ2) is 8.89. The highest BCUT2D eigenvalue weighted by Crippen LogP contribution is 2.20. The molecule has 23 heavy (non-hydrogen) atoms. The van der Waals surface area contributed by atoms with E-state index in [0.717, 1.165) is 12.8 Å². The summed E-state index contributed by atoms with van der Waals surface area (Å²) in [4.78, 5) is 37.7. The van der Waals surface area contributed by atoms with Gasteiger partial charge in [-0.1, -0.05) is 27.7 Å². The molecule has 1 rings (SSSR count). The molecule has 1 saturated heterocycles. The van der Waals surface area contributed by atoms with Gasteiger partial charge in [0.2, 0.25) is 11.8 Å². The van der Waals surface area contributed by atoms with Crippen LogP contribution < -0.4 is 5.32 Å². The van der Waals surface area contributed by atoms with Crippen LogP contribution in [0.15, 0.2) is 0 Å². The lowest BCUT2D eigenvalue weighted by molar-refractivity contribution is -0.144. The van der Waals surface area contributed by atoms with E-state index in [2.05, 4.69) is 5.32 Å². The van der Waals surface area contributed by atoms with Crippen LogP contribution in [0.5, 0.6) is 0 Å². The highest BCUT2D eigenvalue weighted by molar-refractivity contribution is 5.86. The summed E-state index contributed by atoms with van der Waals surface area (Å²) in [6.07, 6.45) is 2.66. The molecule has 1 aliphatic rings. The summed E-state index contributed by atoms with van der Waals surface area (Å²) in [5, 5.41) is 11.9. The molecule has 0 bridgehead atoms. The molecule has 1 aliphatic heterocycles. The highest BCUT2D eigenvalue weighted by atomic mass is 16.4. The number of nitrogens with zero attached hydrogens (tertiary/aromatic N) is 1. The summed E-state index contributed by atoms with van der Waals surface area (Å²) in [5.74, 6) is -1.33. The van der Waals surface area contributed by atoms with E-state index in [0.29, 0.717) is 25.9 Å². The maximum Gasteiger partial charge on any atom is 0.326 e. The number of likely N-dealkylation sites (tertiary alicyclic amines) is 1. The molecule has 0 aromatic rings. The van der Waals surface area contributed by atoms with Crippen molar-refractivity contribution in [2.75, 3.05) is 13.1 Å². The minimum atomic E-state index is -1.00. The lowest BCUT2D eigenvalue weighted by atomic mass is 9.94. The summed E-state index contributed by atoms with van der Waals surface area (Å²) < 4.78 is 0. The number of carboxylic acid groups (broad SMARTS) is 1. The third-order valence-corrected chi connectivity index (χ3v) is 4.46. The minimum Gasteiger partial charge on any atom is -0.480 e. The molecule has 3 atom stereocenters. The predicted molar refractivity (Wildman–Crippen MR) is 87.8 cm³/mol. The van der Waals surface area contributed by atoms with Crippen LogP contribution in [0.25, 0.3) is 0 Å². The molecule has 0 aromatic heterocycles. The molecule has 0 aliphatic carbocycles. The molecule has 0 radical (unpaired) electrons. The van der Waals surface area contributed by atoms with Gasteiger partial charge in [-0.25, -0.2) is 4.79 Å². The van der Waals surface area contributed by atoms with Crippen LogP contribution in [0.2, 0.25) is 0 Å². The van der Waals surface area contributed by atoms with Gasteiger partial charge < -0.3 is 15.3 Å². The number of piperidine rings is 1. The standard InChI is InChI=1S/C17H30N2O4/c1-5-12(4)16(21)19-8-6-7-13(10-19)15(20)18-14(17(22)23)9-11(2)3/h11-14H,5-10H2,1-4H3,(H,18,20)(H,22,23). The molecule has 3 unspecified atom stereocenters. The molecule has 1 heterocycles. The van der Waals surface area contributed by atoms with Crippen molar-refractivity contribution in [3.63, 3.8) is 0 Å². The van der Waals surface area contributed by atoms with Crippen molar-refractivity contribution in [2.45, 2.75) is 59.4 Å². The number of carbonyl (C=O) groups is 3. The Hall–Kier alpha value is -1.59. The van der Waals surface area contributed by atoms with Crippen molar-refractivity contribution in [3.8, 4) is 0 Å². The zero-order valence-electron chi connectivity index (χ0n) is 14.7. The molecular weight excluding hydrogens is 296 g/mol. The molecule has 0 saturated carbocycles. The zero-order chi connectivity index (χ0) is 17.6. The van der Waals surface area contributed by atoms with Crippen molar-refractivity contribution in [1.82, 2.24) is 10.2 Å². The number of hydrogen-bond donors (Lipinski definition) is 2. The van der Waals surface area contributed by atoms with Gasteiger partial charge in [0.05, 0.1) is 5.92 Å². The van der Waals surface area contributed by atoms with Gasteiger partial charge >= 0.3 is 5.97 Å². The minimum absolute atomic E-state index is 0.0375. The van der Waals surface area contributed by atoms with Crippen molar-refractivity contribution in [1.29, 1.82) is 0 Å². The van der Waals surface area contributed by atoms with Crippen molar-refractivity contribution < 1.29 is 19.5 Å². The zero-order valence-corrected chi connectivity index (χ0v) is 14.7. The summed E-state index contributed by atoms with van der Waals surface area (Å²) in [7, 11) is 0. The summed E-state index contributed by atoms with van der Waals surface area (Å²) in [6.45, 7) is 8.80. The number of aliphatic carboxylic acids is 1. The lowest BCUT2D eigenvalue weighted by Crippen LogP contribution is -2.50. The first kappa shape index (κ1) is 19.5. The quantitative estimate of drug-likeness (QED) is 0.748. The van der Waals surface area contributed by atoms with Crippen molar-refractivity contribution in [3.05, 3.63) is 0 Å². The molecule has 0 spiro atoms. The van der Waals surface area contributed by atoms with E-state index < -0.39 is 12.0 Å². The van der Waals surface area contributed by atoms with Crippen LogP contribution in [0.4, 0.5) is 0 Å². The number of nitrogens with one attached hydrogen (secondary N) is 1. The Morgan fingerprint density at radius 1 is 1.26 bits per heavy atom. The Labute approximate surface area is 138 Å². The van der Waals surface area contributed by atoms with Crippen molar-refractivity contribution in [2.24, 2.45) is 17.8 Å². The average Bonchev–Trinajstić information content (AvgIpc) is 2.52. The first-order chi connectivity index (χ1) is 10.8. The van der Waals surface area contributed by atoms with Gasteiger partial charge in [0, 0.05) is 19.0 Å². The second-order valence-corrected chi connectivity index (χ2v) is 6.96. The highest BCUT2D eigenvalue weighted by Gasteiger charge is 2.32.